The van der Waals surface area contributed by atoms with E-state index in [1.807, 2.05) is 20.8 Å². The van der Waals surface area contributed by atoms with Crippen molar-refractivity contribution in [2.45, 2.75) is 34.6 Å². The van der Waals surface area contributed by atoms with Crippen molar-refractivity contribution < 1.29 is 0 Å². The second-order valence-electron chi connectivity index (χ2n) is 2.57. The fourth-order valence-corrected chi connectivity index (χ4v) is 0.807. The van der Waals surface area contributed by atoms with E-state index in [0.717, 1.165) is 0 Å². The maximum Gasteiger partial charge on any atom is -0.0398 e. The monoisotopic (exact) mass is 178 g/mol. The lowest BCUT2D eigenvalue weighted by Gasteiger charge is -1.90. The Bertz CT molecular complexity index is 194. The van der Waals surface area contributed by atoms with Crippen LogP contribution in [0.2, 0.25) is 0 Å². The molecule has 0 atom stereocenters. The summed E-state index contributed by atoms with van der Waals surface area (Å²) in [7, 11) is 0. The molecule has 0 aliphatic rings. The molecule has 0 saturated carbocycles. The molecule has 0 heterocycles. The third-order valence-electron chi connectivity index (χ3n) is 1.17. The molecular formula is C13H22. The molecule has 0 N–H and O–H groups in total. The predicted molar refractivity (Wildman–Crippen MR) is 63.1 cm³/mol. The molecule has 74 valence electrons. The van der Waals surface area contributed by atoms with Gasteiger partial charge in [-0.25, -0.2) is 0 Å². The van der Waals surface area contributed by atoms with E-state index < -0.39 is 0 Å². The molecule has 1 rings (SSSR count). The first kappa shape index (κ1) is 14.5. The van der Waals surface area contributed by atoms with Crippen LogP contribution in [0.1, 0.15) is 31.9 Å². The van der Waals surface area contributed by atoms with Crippen LogP contribution in [0.25, 0.3) is 0 Å². The van der Waals surface area contributed by atoms with E-state index in [-0.39, 0.29) is 0 Å². The molecule has 13 heavy (non-hydrogen) atoms. The summed E-state index contributed by atoms with van der Waals surface area (Å²) in [6.45, 7) is 13.5. The first-order chi connectivity index (χ1) is 6.20. The lowest BCUT2D eigenvalue weighted by atomic mass is 10.2. The van der Waals surface area contributed by atoms with Crippen LogP contribution in [-0.4, -0.2) is 0 Å². The molecule has 0 amide bonds. The third-order valence-corrected chi connectivity index (χ3v) is 1.17. The van der Waals surface area contributed by atoms with Crippen molar-refractivity contribution in [2.24, 2.45) is 0 Å². The lowest BCUT2D eigenvalue weighted by molar-refractivity contribution is 1.39. The smallest absolute Gasteiger partial charge is 0.0398 e. The Balaban J connectivity index is 0. The molecule has 0 aliphatic carbocycles. The van der Waals surface area contributed by atoms with Gasteiger partial charge in [0, 0.05) is 0 Å². The van der Waals surface area contributed by atoms with Crippen LogP contribution in [0.3, 0.4) is 0 Å². The summed E-state index contributed by atoms with van der Waals surface area (Å²) < 4.78 is 0. The average Bonchev–Trinajstić information content (AvgIpc) is 2.08. The molecule has 0 saturated heterocycles. The van der Waals surface area contributed by atoms with Crippen molar-refractivity contribution in [3.63, 3.8) is 0 Å². The molecule has 0 aliphatic heterocycles. The highest BCUT2D eigenvalue weighted by Gasteiger charge is 1.80. The number of hydrogen-bond acceptors (Lipinski definition) is 0. The van der Waals surface area contributed by atoms with Gasteiger partial charge in [0.25, 0.3) is 0 Å². The Morgan fingerprint density at radius 2 is 1.38 bits per heavy atom. The van der Waals surface area contributed by atoms with E-state index in [9.17, 15) is 0 Å². The second kappa shape index (κ2) is 11.0. The first-order valence-corrected chi connectivity index (χ1v) is 4.81. The van der Waals surface area contributed by atoms with E-state index in [1.165, 1.54) is 11.1 Å². The Kier molecular flexibility index (Phi) is 12.2. The quantitative estimate of drug-likeness (QED) is 0.512. The molecule has 0 aromatic heterocycles. The maximum atomic E-state index is 3.36. The minimum Gasteiger partial charge on any atom is -0.103 e. The average molecular weight is 178 g/mol. The van der Waals surface area contributed by atoms with Crippen molar-refractivity contribution >= 4 is 0 Å². The van der Waals surface area contributed by atoms with Gasteiger partial charge in [0.2, 0.25) is 0 Å². The largest absolute Gasteiger partial charge is 0.103 e. The topological polar surface area (TPSA) is 0 Å². The maximum absolute atomic E-state index is 3.36. The first-order valence-electron chi connectivity index (χ1n) is 4.81. The van der Waals surface area contributed by atoms with Crippen LogP contribution in [0, 0.1) is 13.8 Å². The van der Waals surface area contributed by atoms with Crippen molar-refractivity contribution in [1.82, 2.24) is 0 Å². The van der Waals surface area contributed by atoms with Crippen LogP contribution in [-0.2, 0) is 0 Å². The molecule has 0 fully saturated rings. The van der Waals surface area contributed by atoms with Gasteiger partial charge in [-0.3, -0.25) is 0 Å². The van der Waals surface area contributed by atoms with E-state index in [4.69, 9.17) is 0 Å². The summed E-state index contributed by atoms with van der Waals surface area (Å²) >= 11 is 0. The molecule has 0 nitrogen and oxygen atoms in total. The van der Waals surface area contributed by atoms with Crippen LogP contribution in [0.4, 0.5) is 0 Å². The highest BCUT2D eigenvalue weighted by Crippen LogP contribution is 2.00. The van der Waals surface area contributed by atoms with E-state index in [2.05, 4.69) is 44.7 Å². The van der Waals surface area contributed by atoms with Crippen molar-refractivity contribution in [2.75, 3.05) is 0 Å². The van der Waals surface area contributed by atoms with Crippen LogP contribution in [0.5, 0.6) is 0 Å². The third kappa shape index (κ3) is 11.0. The fraction of sp³-hybridized carbons (Fsp3) is 0.385. The zero-order chi connectivity index (χ0) is 10.7. The lowest BCUT2D eigenvalue weighted by Crippen LogP contribution is -1.71. The van der Waals surface area contributed by atoms with Crippen LogP contribution < -0.4 is 0 Å². The Morgan fingerprint density at radius 1 is 1.08 bits per heavy atom. The minimum atomic E-state index is 1.34. The highest BCUT2D eigenvalue weighted by molar-refractivity contribution is 5.20. The Hall–Kier alpha value is -1.04. The van der Waals surface area contributed by atoms with Gasteiger partial charge < -0.3 is 0 Å². The van der Waals surface area contributed by atoms with Crippen LogP contribution >= 0.6 is 0 Å². The summed E-state index contributed by atoms with van der Waals surface area (Å²) in [6, 6.07) is 8.45. The molecule has 1 aromatic carbocycles. The molecule has 0 spiro atoms. The number of aryl methyl sites for hydroxylation is 2. The summed E-state index contributed by atoms with van der Waals surface area (Å²) in [5.74, 6) is 0. The van der Waals surface area contributed by atoms with Crippen molar-refractivity contribution in [3.8, 4) is 0 Å². The summed E-state index contributed by atoms with van der Waals surface area (Å²) in [5.41, 5.74) is 2.68. The molecule has 0 heteroatoms. The second-order valence-corrected chi connectivity index (χ2v) is 2.57. The van der Waals surface area contributed by atoms with E-state index in [0.29, 0.717) is 0 Å². The number of allylic oxidation sites excluding steroid dienone is 1. The molecular weight excluding hydrogens is 156 g/mol. The van der Waals surface area contributed by atoms with Crippen molar-refractivity contribution in [1.29, 1.82) is 0 Å². The predicted octanol–water partition coefficient (Wildman–Crippen LogP) is 4.52. The van der Waals surface area contributed by atoms with Gasteiger partial charge in [-0.1, -0.05) is 55.3 Å². The van der Waals surface area contributed by atoms with Gasteiger partial charge in [0.1, 0.15) is 0 Å². The minimum absolute atomic E-state index is 1.34. The standard InChI is InChI=1S/C8H10.C3H6.C2H6/c1-7-4-3-5-8(2)6-7;1-3-2;1-2/h3-6H,1-2H3;3H,1H2,2H3;1-2H3. The van der Waals surface area contributed by atoms with E-state index >= 15 is 0 Å². The molecule has 0 bridgehead atoms. The number of hydrogen-bond donors (Lipinski definition) is 0. The van der Waals surface area contributed by atoms with Crippen molar-refractivity contribution in [3.05, 3.63) is 48.0 Å². The summed E-state index contributed by atoms with van der Waals surface area (Å²) in [4.78, 5) is 0. The normalized spacial score (nSPS) is 7.15. The SMILES string of the molecule is C=CC.CC.Cc1cccc(C)c1. The zero-order valence-corrected chi connectivity index (χ0v) is 9.59. The Labute approximate surface area is 83.3 Å². The van der Waals surface area contributed by atoms with Gasteiger partial charge in [-0.2, -0.15) is 0 Å². The summed E-state index contributed by atoms with van der Waals surface area (Å²) in [5, 5.41) is 0. The molecule has 1 aromatic rings. The molecule has 0 radical (unpaired) electrons. The van der Waals surface area contributed by atoms with Gasteiger partial charge in [-0.15, -0.1) is 6.58 Å². The number of rotatable bonds is 0. The zero-order valence-electron chi connectivity index (χ0n) is 9.59. The fourth-order valence-electron chi connectivity index (χ4n) is 0.807. The van der Waals surface area contributed by atoms with E-state index in [1.54, 1.807) is 6.08 Å². The van der Waals surface area contributed by atoms with Gasteiger partial charge in [0.05, 0.1) is 0 Å². The van der Waals surface area contributed by atoms with Gasteiger partial charge in [-0.05, 0) is 20.8 Å². The molecule has 0 unspecified atom stereocenters. The van der Waals surface area contributed by atoms with Gasteiger partial charge in [0.15, 0.2) is 0 Å². The van der Waals surface area contributed by atoms with Gasteiger partial charge >= 0.3 is 0 Å². The Morgan fingerprint density at radius 3 is 1.54 bits per heavy atom. The number of benzene rings is 1. The van der Waals surface area contributed by atoms with Crippen LogP contribution in [0.15, 0.2) is 36.9 Å². The summed E-state index contributed by atoms with van der Waals surface area (Å²) in [6.07, 6.45) is 1.75. The highest BCUT2D eigenvalue weighted by atomic mass is 13.9.